The van der Waals surface area contributed by atoms with Gasteiger partial charge in [-0.3, -0.25) is 0 Å². The van der Waals surface area contributed by atoms with Gasteiger partial charge in [0.1, 0.15) is 11.4 Å². The average molecular weight is 599 g/mol. The van der Waals surface area contributed by atoms with Crippen LogP contribution in [0.4, 0.5) is 42.5 Å². The molecule has 1 heterocycles. The maximum atomic E-state index is 14.6. The van der Waals surface area contributed by atoms with Crippen LogP contribution in [0.25, 0.3) is 0 Å². The van der Waals surface area contributed by atoms with Crippen LogP contribution >= 0.6 is 0 Å². The number of rotatable bonds is 6. The zero-order chi connectivity index (χ0) is 31.3. The number of hydrogen-bond donors (Lipinski definition) is 5. The van der Waals surface area contributed by atoms with Gasteiger partial charge >= 0.3 is 12.1 Å². The van der Waals surface area contributed by atoms with Gasteiger partial charge in [-0.15, -0.1) is 0 Å². The summed E-state index contributed by atoms with van der Waals surface area (Å²) in [5.74, 6) is -20.1. The number of carbonyl (C=O) groups is 2. The number of ether oxygens (including phenoxy) is 3. The van der Waals surface area contributed by atoms with Gasteiger partial charge in [-0.25, -0.2) is 14.0 Å². The maximum absolute atomic E-state index is 14.6. The Morgan fingerprint density at radius 1 is 0.738 bits per heavy atom. The van der Waals surface area contributed by atoms with Crippen molar-refractivity contribution < 1.29 is 65.5 Å². The van der Waals surface area contributed by atoms with E-state index in [4.69, 9.17) is 26.4 Å². The number of nitrogens with two attached hydrogens (primary N) is 2. The van der Waals surface area contributed by atoms with Crippen molar-refractivity contribution in [1.29, 1.82) is 0 Å². The number of nitrogens with zero attached hydrogens (tertiary/aromatic N) is 1. The van der Waals surface area contributed by atoms with Crippen molar-refractivity contribution in [2.75, 3.05) is 11.5 Å². The monoisotopic (exact) mass is 599 g/mol. The van der Waals surface area contributed by atoms with Crippen LogP contribution in [0.15, 0.2) is 48.5 Å². The zero-order valence-corrected chi connectivity index (χ0v) is 20.4. The van der Waals surface area contributed by atoms with E-state index in [9.17, 15) is 41.0 Å². The molecule has 0 aliphatic rings. The normalized spacial score (nSPS) is 10.3. The zero-order valence-electron chi connectivity index (χ0n) is 20.4. The van der Waals surface area contributed by atoms with Crippen LogP contribution in [0.1, 0.15) is 10.4 Å². The molecule has 3 aromatic carbocycles. The highest BCUT2D eigenvalue weighted by atomic mass is 19.2. The lowest BCUT2D eigenvalue weighted by atomic mass is 10.2. The minimum atomic E-state index is -2.16. The predicted molar refractivity (Wildman–Crippen MR) is 130 cm³/mol. The first-order valence-corrected chi connectivity index (χ1v) is 10.9. The smallest absolute Gasteiger partial charge is 0.503 e. The van der Waals surface area contributed by atoms with Gasteiger partial charge in [0.25, 0.3) is 11.8 Å². The van der Waals surface area contributed by atoms with E-state index in [1.54, 1.807) is 18.2 Å². The molecule has 4 rings (SSSR count). The number of nitrogen functional groups attached to an aromatic ring is 2. The number of pyridine rings is 1. The molecule has 42 heavy (non-hydrogen) atoms. The summed E-state index contributed by atoms with van der Waals surface area (Å²) < 4.78 is 97.5. The van der Waals surface area contributed by atoms with Gasteiger partial charge in [0, 0.05) is 0 Å². The van der Waals surface area contributed by atoms with Crippen molar-refractivity contribution in [2.45, 2.75) is 0 Å². The SMILES string of the molecule is Nc1c(O)c(F)c(Oc2c(F)c(F)nc(Oc3ccc(C(=O)O)cc3)c2F)c(F)c1F.Nc1ccccc1OC(=O)O. The van der Waals surface area contributed by atoms with E-state index in [1.165, 1.54) is 6.07 Å². The van der Waals surface area contributed by atoms with E-state index >= 15 is 0 Å². The van der Waals surface area contributed by atoms with E-state index in [0.717, 1.165) is 24.3 Å². The predicted octanol–water partition coefficient (Wildman–Crippen LogP) is 5.81. The van der Waals surface area contributed by atoms with Crippen molar-refractivity contribution in [2.24, 2.45) is 0 Å². The molecule has 0 unspecified atom stereocenters. The van der Waals surface area contributed by atoms with Gasteiger partial charge in [-0.2, -0.15) is 26.9 Å². The highest BCUT2D eigenvalue weighted by Gasteiger charge is 2.30. The van der Waals surface area contributed by atoms with Crippen molar-refractivity contribution in [3.05, 3.63) is 89.1 Å². The summed E-state index contributed by atoms with van der Waals surface area (Å²) in [7, 11) is 0. The number of aromatic nitrogens is 1. The lowest BCUT2D eigenvalue weighted by Crippen LogP contribution is -2.06. The second-order valence-electron chi connectivity index (χ2n) is 7.64. The molecule has 0 aliphatic carbocycles. The number of carboxylic acid groups (broad SMARTS) is 2. The lowest BCUT2D eigenvalue weighted by Gasteiger charge is -2.14. The van der Waals surface area contributed by atoms with E-state index < -0.39 is 76.0 Å². The lowest BCUT2D eigenvalue weighted by molar-refractivity contribution is 0.0696. The summed E-state index contributed by atoms with van der Waals surface area (Å²) in [6.45, 7) is 0. The van der Waals surface area contributed by atoms with Gasteiger partial charge in [-0.05, 0) is 36.4 Å². The van der Waals surface area contributed by atoms with Crippen molar-refractivity contribution in [3.63, 3.8) is 0 Å². The van der Waals surface area contributed by atoms with Crippen LogP contribution in [0, 0.1) is 35.0 Å². The molecule has 0 radical (unpaired) electrons. The Morgan fingerprint density at radius 2 is 1.33 bits per heavy atom. The molecule has 11 nitrogen and oxygen atoms in total. The topological polar surface area (TPSA) is 187 Å². The van der Waals surface area contributed by atoms with Gasteiger partial charge in [0.05, 0.1) is 11.3 Å². The molecule has 7 N–H and O–H groups in total. The number of aromatic carboxylic acids is 1. The third-order valence-electron chi connectivity index (χ3n) is 4.89. The summed E-state index contributed by atoms with van der Waals surface area (Å²) in [5.41, 5.74) is 9.12. The van der Waals surface area contributed by atoms with Crippen LogP contribution in [0.5, 0.6) is 34.6 Å². The molecule has 0 spiro atoms. The number of phenolic OH excluding ortho intramolecular Hbond substituents is 1. The van der Waals surface area contributed by atoms with Crippen molar-refractivity contribution in [3.8, 4) is 34.6 Å². The Kier molecular flexibility index (Phi) is 9.16. The van der Waals surface area contributed by atoms with Crippen LogP contribution < -0.4 is 25.7 Å². The van der Waals surface area contributed by atoms with Crippen molar-refractivity contribution in [1.82, 2.24) is 4.98 Å². The Labute approximate surface area is 229 Å². The highest BCUT2D eigenvalue weighted by molar-refractivity contribution is 5.87. The standard InChI is InChI=1S/C18H8F6N2O5.C7H7NO3/c19-7-8(20)14(9(21)13(27)12(7)25)31-15-10(22)16(24)26-17(11(15)23)30-6-3-1-5(2-4-6)18(28)29;8-5-3-1-2-4-6(5)11-7(9)10/h1-4,27H,25H2,(H,28,29);1-4H,8H2,(H,9,10). The van der Waals surface area contributed by atoms with E-state index in [0.29, 0.717) is 5.69 Å². The number of carboxylic acids is 1. The molecule has 1 aromatic heterocycles. The fourth-order valence-corrected chi connectivity index (χ4v) is 2.91. The van der Waals surface area contributed by atoms with Crippen LogP contribution in [0.2, 0.25) is 0 Å². The second kappa shape index (κ2) is 12.5. The van der Waals surface area contributed by atoms with Crippen LogP contribution in [-0.2, 0) is 0 Å². The van der Waals surface area contributed by atoms with Gasteiger partial charge < -0.3 is 41.0 Å². The number of benzene rings is 3. The molecular weight excluding hydrogens is 584 g/mol. The third kappa shape index (κ3) is 6.64. The number of para-hydroxylation sites is 2. The molecule has 0 bridgehead atoms. The molecule has 4 aromatic rings. The highest BCUT2D eigenvalue weighted by Crippen LogP contribution is 2.41. The third-order valence-corrected chi connectivity index (χ3v) is 4.89. The molecular formula is C25H15F6N3O8. The Hall–Kier alpha value is -5.87. The first-order chi connectivity index (χ1) is 19.7. The molecule has 220 valence electrons. The summed E-state index contributed by atoms with van der Waals surface area (Å²) in [5, 5.41) is 26.4. The van der Waals surface area contributed by atoms with Gasteiger partial charge in [0.15, 0.2) is 17.3 Å². The fourth-order valence-electron chi connectivity index (χ4n) is 2.91. The maximum Gasteiger partial charge on any atom is 0.511 e. The minimum Gasteiger partial charge on any atom is -0.503 e. The van der Waals surface area contributed by atoms with E-state index in [1.807, 2.05) is 0 Å². The summed E-state index contributed by atoms with van der Waals surface area (Å²) >= 11 is 0. The number of phenols is 1. The molecule has 17 heteroatoms. The quantitative estimate of drug-likeness (QED) is 0.0342. The number of halogens is 6. The first-order valence-electron chi connectivity index (χ1n) is 10.9. The van der Waals surface area contributed by atoms with Crippen molar-refractivity contribution >= 4 is 23.5 Å². The molecule has 0 saturated carbocycles. The Balaban J connectivity index is 0.000000369. The summed E-state index contributed by atoms with van der Waals surface area (Å²) in [6, 6.07) is 10.5. The van der Waals surface area contributed by atoms with Crippen LogP contribution in [0.3, 0.4) is 0 Å². The summed E-state index contributed by atoms with van der Waals surface area (Å²) in [6.07, 6.45) is -1.36. The van der Waals surface area contributed by atoms with Gasteiger partial charge in [0.2, 0.25) is 34.8 Å². The van der Waals surface area contributed by atoms with E-state index in [2.05, 4.69) is 14.5 Å². The first kappa shape index (κ1) is 30.7. The van der Waals surface area contributed by atoms with Crippen LogP contribution in [-0.4, -0.2) is 32.4 Å². The van der Waals surface area contributed by atoms with E-state index in [-0.39, 0.29) is 17.1 Å². The van der Waals surface area contributed by atoms with Gasteiger partial charge in [-0.1, -0.05) is 12.1 Å². The molecule has 0 amide bonds. The number of anilines is 2. The Morgan fingerprint density at radius 3 is 1.90 bits per heavy atom. The fraction of sp³-hybridized carbons (Fsp3) is 0. The average Bonchev–Trinajstić information content (AvgIpc) is 2.95. The number of aromatic hydroxyl groups is 1. The summed E-state index contributed by atoms with van der Waals surface area (Å²) in [4.78, 5) is 23.7. The second-order valence-corrected chi connectivity index (χ2v) is 7.64. The molecule has 0 fully saturated rings. The number of hydrogen-bond acceptors (Lipinski definition) is 9. The molecule has 0 atom stereocenters. The molecule has 0 aliphatic heterocycles. The molecule has 0 saturated heterocycles. The minimum absolute atomic E-state index is 0.167. The largest absolute Gasteiger partial charge is 0.511 e. The Bertz CT molecular complexity index is 1640.